The molecule has 0 unspecified atom stereocenters. The zero-order valence-electron chi connectivity index (χ0n) is 10.2. The number of ketones is 1. The summed E-state index contributed by atoms with van der Waals surface area (Å²) in [6, 6.07) is 0.924. The van der Waals surface area contributed by atoms with Crippen molar-refractivity contribution in [3.63, 3.8) is 0 Å². The van der Waals surface area contributed by atoms with Crippen molar-refractivity contribution in [2.75, 3.05) is 7.05 Å². The van der Waals surface area contributed by atoms with Crippen molar-refractivity contribution < 1.29 is 9.53 Å². The van der Waals surface area contributed by atoms with Crippen LogP contribution in [0.2, 0.25) is 0 Å². The Labute approximate surface area is 96.4 Å². The molecule has 3 nitrogen and oxygen atoms in total. The standard InChI is InChI=1S/C13H19NO2/c1-7-8(2)16-11-6-9-4-5-10(14(9)3)12(11)13(7)15/h7-10H,4-6H2,1-3H3/t7-,8-,9-,10+/m1/s1. The second-order valence-corrected chi connectivity index (χ2v) is 5.43. The van der Waals surface area contributed by atoms with Gasteiger partial charge in [0, 0.05) is 18.5 Å². The molecule has 3 aliphatic rings. The molecule has 0 aliphatic carbocycles. The molecular weight excluding hydrogens is 202 g/mol. The van der Waals surface area contributed by atoms with Crippen molar-refractivity contribution >= 4 is 5.78 Å². The van der Waals surface area contributed by atoms with E-state index in [1.165, 1.54) is 6.42 Å². The van der Waals surface area contributed by atoms with Gasteiger partial charge in [0.05, 0.1) is 11.5 Å². The first-order chi connectivity index (χ1) is 7.59. The predicted octanol–water partition coefficient (Wildman–Crippen LogP) is 1.73. The minimum absolute atomic E-state index is 0.0179. The molecule has 0 aromatic heterocycles. The van der Waals surface area contributed by atoms with E-state index in [1.807, 2.05) is 13.8 Å². The molecule has 0 amide bonds. The van der Waals surface area contributed by atoms with Gasteiger partial charge >= 0.3 is 0 Å². The Morgan fingerprint density at radius 3 is 2.81 bits per heavy atom. The minimum Gasteiger partial charge on any atom is -0.494 e. The number of ether oxygens (including phenoxy) is 1. The Hall–Kier alpha value is -0.830. The van der Waals surface area contributed by atoms with Crippen LogP contribution in [0.25, 0.3) is 0 Å². The van der Waals surface area contributed by atoms with E-state index in [-0.39, 0.29) is 12.0 Å². The summed E-state index contributed by atoms with van der Waals surface area (Å²) in [7, 11) is 2.14. The molecule has 0 N–H and O–H groups in total. The highest BCUT2D eigenvalue weighted by Crippen LogP contribution is 2.42. The van der Waals surface area contributed by atoms with Gasteiger partial charge in [-0.3, -0.25) is 9.69 Å². The molecule has 16 heavy (non-hydrogen) atoms. The van der Waals surface area contributed by atoms with Gasteiger partial charge in [0.25, 0.3) is 0 Å². The first-order valence-electron chi connectivity index (χ1n) is 6.25. The van der Waals surface area contributed by atoms with E-state index in [0.29, 0.717) is 17.9 Å². The van der Waals surface area contributed by atoms with E-state index < -0.39 is 0 Å². The van der Waals surface area contributed by atoms with Crippen molar-refractivity contribution in [3.8, 4) is 0 Å². The summed E-state index contributed by atoms with van der Waals surface area (Å²) in [5, 5.41) is 0. The topological polar surface area (TPSA) is 29.5 Å². The molecule has 88 valence electrons. The second kappa shape index (κ2) is 3.33. The Kier molecular flexibility index (Phi) is 2.15. The molecule has 3 rings (SSSR count). The molecule has 1 fully saturated rings. The first kappa shape index (κ1) is 10.3. The van der Waals surface area contributed by atoms with Crippen molar-refractivity contribution in [1.82, 2.24) is 4.90 Å². The van der Waals surface area contributed by atoms with Crippen LogP contribution >= 0.6 is 0 Å². The number of likely N-dealkylation sites (N-methyl/N-ethyl adjacent to an activating group) is 1. The van der Waals surface area contributed by atoms with Crippen LogP contribution < -0.4 is 0 Å². The van der Waals surface area contributed by atoms with Gasteiger partial charge in [-0.25, -0.2) is 0 Å². The van der Waals surface area contributed by atoms with Crippen LogP contribution in [0.1, 0.15) is 33.1 Å². The van der Waals surface area contributed by atoms with Gasteiger partial charge in [-0.1, -0.05) is 6.92 Å². The number of fused-ring (bicyclic) bond motifs is 3. The quantitative estimate of drug-likeness (QED) is 0.624. The molecule has 3 heterocycles. The van der Waals surface area contributed by atoms with Crippen LogP contribution in [-0.4, -0.2) is 35.9 Å². The zero-order chi connectivity index (χ0) is 11.4. The maximum absolute atomic E-state index is 12.3. The molecule has 0 aromatic carbocycles. The van der Waals surface area contributed by atoms with Gasteiger partial charge in [-0.2, -0.15) is 0 Å². The van der Waals surface area contributed by atoms with Gasteiger partial charge < -0.3 is 4.74 Å². The van der Waals surface area contributed by atoms with Gasteiger partial charge in [-0.05, 0) is 26.8 Å². The molecule has 0 aromatic rings. The van der Waals surface area contributed by atoms with E-state index >= 15 is 0 Å². The van der Waals surface area contributed by atoms with E-state index in [9.17, 15) is 4.79 Å². The number of carbonyl (C=O) groups is 1. The molecule has 0 saturated carbocycles. The highest BCUT2D eigenvalue weighted by molar-refractivity contribution is 5.99. The SMILES string of the molecule is C[C@H]1OC2=C(C(=O)[C@@H]1C)[C@@H]1CC[C@H](C2)N1C. The summed E-state index contributed by atoms with van der Waals surface area (Å²) < 4.78 is 5.93. The Balaban J connectivity index is 2.03. The largest absolute Gasteiger partial charge is 0.494 e. The predicted molar refractivity (Wildman–Crippen MR) is 60.9 cm³/mol. The fraction of sp³-hybridized carbons (Fsp3) is 0.769. The van der Waals surface area contributed by atoms with Crippen LogP contribution in [0.4, 0.5) is 0 Å². The summed E-state index contributed by atoms with van der Waals surface area (Å²) in [4.78, 5) is 14.7. The smallest absolute Gasteiger partial charge is 0.170 e. The van der Waals surface area contributed by atoms with Crippen molar-refractivity contribution in [1.29, 1.82) is 0 Å². The summed E-state index contributed by atoms with van der Waals surface area (Å²) in [5.74, 6) is 1.34. The van der Waals surface area contributed by atoms with Crippen LogP contribution in [0, 0.1) is 5.92 Å². The van der Waals surface area contributed by atoms with Gasteiger partial charge in [0.1, 0.15) is 11.9 Å². The highest BCUT2D eigenvalue weighted by atomic mass is 16.5. The fourth-order valence-corrected chi connectivity index (χ4v) is 3.31. The molecule has 0 spiro atoms. The Bertz CT molecular complexity index is 374. The van der Waals surface area contributed by atoms with Crippen LogP contribution in [-0.2, 0) is 9.53 Å². The Morgan fingerprint density at radius 2 is 2.06 bits per heavy atom. The maximum atomic E-state index is 12.3. The molecular formula is C13H19NO2. The second-order valence-electron chi connectivity index (χ2n) is 5.43. The lowest BCUT2D eigenvalue weighted by Gasteiger charge is -2.40. The Morgan fingerprint density at radius 1 is 1.31 bits per heavy atom. The lowest BCUT2D eigenvalue weighted by molar-refractivity contribution is -0.126. The lowest BCUT2D eigenvalue weighted by atomic mass is 9.85. The summed E-state index contributed by atoms with van der Waals surface area (Å²) in [6.45, 7) is 3.99. The molecule has 3 heteroatoms. The average Bonchev–Trinajstić information content (AvgIpc) is 2.51. The number of Topliss-reactive ketones (excluding diaryl/α,β-unsaturated/α-hetero) is 1. The van der Waals surface area contributed by atoms with E-state index in [1.54, 1.807) is 0 Å². The third kappa shape index (κ3) is 1.21. The summed E-state index contributed by atoms with van der Waals surface area (Å²) in [6.07, 6.45) is 3.31. The number of nitrogens with zero attached hydrogens (tertiary/aromatic N) is 1. The van der Waals surface area contributed by atoms with E-state index in [2.05, 4.69) is 11.9 Å². The van der Waals surface area contributed by atoms with E-state index in [4.69, 9.17) is 4.74 Å². The van der Waals surface area contributed by atoms with Gasteiger partial charge in [0.15, 0.2) is 5.78 Å². The monoisotopic (exact) mass is 221 g/mol. The van der Waals surface area contributed by atoms with Crippen molar-refractivity contribution in [2.45, 2.75) is 51.3 Å². The van der Waals surface area contributed by atoms with Crippen molar-refractivity contribution in [3.05, 3.63) is 11.3 Å². The normalized spacial score (nSPS) is 43.3. The highest BCUT2D eigenvalue weighted by Gasteiger charge is 2.46. The molecule has 4 atom stereocenters. The zero-order valence-corrected chi connectivity index (χ0v) is 10.2. The molecule has 0 radical (unpaired) electrons. The number of hydrogen-bond acceptors (Lipinski definition) is 3. The average molecular weight is 221 g/mol. The third-order valence-electron chi connectivity index (χ3n) is 4.61. The van der Waals surface area contributed by atoms with Crippen molar-refractivity contribution in [2.24, 2.45) is 5.92 Å². The number of carbonyl (C=O) groups excluding carboxylic acids is 1. The van der Waals surface area contributed by atoms with Gasteiger partial charge in [0.2, 0.25) is 0 Å². The lowest BCUT2D eigenvalue weighted by Crippen LogP contribution is -2.46. The van der Waals surface area contributed by atoms with Gasteiger partial charge in [-0.15, -0.1) is 0 Å². The van der Waals surface area contributed by atoms with Crippen LogP contribution in [0.3, 0.4) is 0 Å². The third-order valence-corrected chi connectivity index (χ3v) is 4.61. The van der Waals surface area contributed by atoms with E-state index in [0.717, 1.165) is 24.2 Å². The minimum atomic E-state index is 0.0179. The molecule has 3 aliphatic heterocycles. The number of rotatable bonds is 0. The van der Waals surface area contributed by atoms with Crippen LogP contribution in [0.5, 0.6) is 0 Å². The first-order valence-corrected chi connectivity index (χ1v) is 6.25. The maximum Gasteiger partial charge on any atom is 0.170 e. The summed E-state index contributed by atoms with van der Waals surface area (Å²) >= 11 is 0. The number of hydrogen-bond donors (Lipinski definition) is 0. The molecule has 2 bridgehead atoms. The molecule has 1 saturated heterocycles. The van der Waals surface area contributed by atoms with Crippen LogP contribution in [0.15, 0.2) is 11.3 Å². The fourth-order valence-electron chi connectivity index (χ4n) is 3.31. The summed E-state index contributed by atoms with van der Waals surface area (Å²) in [5.41, 5.74) is 0.988.